The molecule has 0 aromatic heterocycles. The lowest BCUT2D eigenvalue weighted by molar-refractivity contribution is 0.243. The van der Waals surface area contributed by atoms with Crippen molar-refractivity contribution in [3.05, 3.63) is 34.9 Å². The third-order valence-corrected chi connectivity index (χ3v) is 3.60. The highest BCUT2D eigenvalue weighted by Gasteiger charge is 2.31. The van der Waals surface area contributed by atoms with Gasteiger partial charge in [-0.15, -0.1) is 0 Å². The highest BCUT2D eigenvalue weighted by molar-refractivity contribution is 5.36. The molecule has 0 saturated heterocycles. The van der Waals surface area contributed by atoms with Crippen molar-refractivity contribution in [1.82, 2.24) is 4.90 Å². The van der Waals surface area contributed by atoms with Gasteiger partial charge in [0.1, 0.15) is 0 Å². The molecule has 1 nitrogen and oxygen atoms in total. The zero-order valence-corrected chi connectivity index (χ0v) is 8.79. The van der Waals surface area contributed by atoms with Crippen LogP contribution in [0.2, 0.25) is 0 Å². The molecule has 1 aliphatic heterocycles. The van der Waals surface area contributed by atoms with Crippen molar-refractivity contribution in [3.8, 4) is 0 Å². The SMILES string of the molecule is Cc1cccc2c1CN(C1CC1)CC2. The van der Waals surface area contributed by atoms with E-state index in [0.29, 0.717) is 0 Å². The molecule has 3 rings (SSSR count). The molecule has 1 saturated carbocycles. The molecule has 2 aliphatic rings. The molecule has 14 heavy (non-hydrogen) atoms. The average Bonchev–Trinajstić information content (AvgIpc) is 3.01. The Morgan fingerprint density at radius 3 is 2.93 bits per heavy atom. The largest absolute Gasteiger partial charge is 0.296 e. The summed E-state index contributed by atoms with van der Waals surface area (Å²) in [4.78, 5) is 2.66. The van der Waals surface area contributed by atoms with E-state index in [0.717, 1.165) is 6.04 Å². The van der Waals surface area contributed by atoms with E-state index >= 15 is 0 Å². The minimum absolute atomic E-state index is 0.919. The molecule has 0 radical (unpaired) electrons. The predicted molar refractivity (Wildman–Crippen MR) is 58.3 cm³/mol. The summed E-state index contributed by atoms with van der Waals surface area (Å²) in [7, 11) is 0. The van der Waals surface area contributed by atoms with Gasteiger partial charge in [-0.25, -0.2) is 0 Å². The van der Waals surface area contributed by atoms with E-state index in [1.807, 2.05) is 0 Å². The Morgan fingerprint density at radius 1 is 1.29 bits per heavy atom. The van der Waals surface area contributed by atoms with Crippen molar-refractivity contribution in [2.75, 3.05) is 6.54 Å². The Labute approximate surface area is 85.7 Å². The summed E-state index contributed by atoms with van der Waals surface area (Å²) < 4.78 is 0. The second kappa shape index (κ2) is 3.09. The molecule has 0 N–H and O–H groups in total. The first-order chi connectivity index (χ1) is 6.84. The van der Waals surface area contributed by atoms with Crippen LogP contribution in [0.25, 0.3) is 0 Å². The lowest BCUT2D eigenvalue weighted by Crippen LogP contribution is -2.32. The van der Waals surface area contributed by atoms with E-state index in [9.17, 15) is 0 Å². The summed E-state index contributed by atoms with van der Waals surface area (Å²) in [5, 5.41) is 0. The molecule has 1 heterocycles. The van der Waals surface area contributed by atoms with Crippen LogP contribution in [0, 0.1) is 6.92 Å². The number of rotatable bonds is 1. The van der Waals surface area contributed by atoms with Crippen molar-refractivity contribution in [2.24, 2.45) is 0 Å². The number of hydrogen-bond donors (Lipinski definition) is 0. The molecular weight excluding hydrogens is 170 g/mol. The monoisotopic (exact) mass is 187 g/mol. The molecule has 0 bridgehead atoms. The van der Waals surface area contributed by atoms with Gasteiger partial charge in [-0.3, -0.25) is 4.90 Å². The summed E-state index contributed by atoms with van der Waals surface area (Å²) >= 11 is 0. The maximum atomic E-state index is 2.66. The third-order valence-electron chi connectivity index (χ3n) is 3.60. The van der Waals surface area contributed by atoms with Gasteiger partial charge in [0.05, 0.1) is 0 Å². The highest BCUT2D eigenvalue weighted by Crippen LogP contribution is 2.32. The minimum atomic E-state index is 0.919. The Morgan fingerprint density at radius 2 is 2.14 bits per heavy atom. The maximum absolute atomic E-state index is 2.66. The Kier molecular flexibility index (Phi) is 1.88. The fourth-order valence-corrected chi connectivity index (χ4v) is 2.52. The molecule has 1 aromatic rings. The first-order valence-corrected chi connectivity index (χ1v) is 5.66. The second-order valence-corrected chi connectivity index (χ2v) is 4.66. The number of nitrogens with zero attached hydrogens (tertiary/aromatic N) is 1. The maximum Gasteiger partial charge on any atom is 0.0242 e. The van der Waals surface area contributed by atoms with Gasteiger partial charge in [0.25, 0.3) is 0 Å². The number of aryl methyl sites for hydroxylation is 1. The molecule has 1 heteroatoms. The van der Waals surface area contributed by atoms with E-state index in [4.69, 9.17) is 0 Å². The molecule has 74 valence electrons. The summed E-state index contributed by atoms with van der Waals surface area (Å²) in [6.07, 6.45) is 4.12. The van der Waals surface area contributed by atoms with Gasteiger partial charge in [0, 0.05) is 19.1 Å². The molecule has 1 aliphatic carbocycles. The number of fused-ring (bicyclic) bond motifs is 1. The fraction of sp³-hybridized carbons (Fsp3) is 0.538. The van der Waals surface area contributed by atoms with Crippen molar-refractivity contribution >= 4 is 0 Å². The molecule has 1 aromatic carbocycles. The smallest absolute Gasteiger partial charge is 0.0242 e. The Hall–Kier alpha value is -0.820. The van der Waals surface area contributed by atoms with E-state index in [2.05, 4.69) is 30.0 Å². The lowest BCUT2D eigenvalue weighted by atomic mass is 9.95. The van der Waals surface area contributed by atoms with Gasteiger partial charge in [-0.05, 0) is 42.9 Å². The zero-order chi connectivity index (χ0) is 9.54. The molecule has 0 atom stereocenters. The van der Waals surface area contributed by atoms with Gasteiger partial charge >= 0.3 is 0 Å². The van der Waals surface area contributed by atoms with Crippen molar-refractivity contribution in [1.29, 1.82) is 0 Å². The summed E-state index contributed by atoms with van der Waals surface area (Å²) in [5.74, 6) is 0. The fourth-order valence-electron chi connectivity index (χ4n) is 2.52. The average molecular weight is 187 g/mol. The van der Waals surface area contributed by atoms with Crippen LogP contribution in [0.5, 0.6) is 0 Å². The molecule has 1 fully saturated rings. The number of benzene rings is 1. The summed E-state index contributed by atoms with van der Waals surface area (Å²) in [5.41, 5.74) is 4.67. The van der Waals surface area contributed by atoms with Crippen LogP contribution in [0.1, 0.15) is 29.5 Å². The van der Waals surface area contributed by atoms with Gasteiger partial charge < -0.3 is 0 Å². The van der Waals surface area contributed by atoms with Gasteiger partial charge in [-0.1, -0.05) is 18.2 Å². The van der Waals surface area contributed by atoms with Gasteiger partial charge in [0.2, 0.25) is 0 Å². The van der Waals surface area contributed by atoms with Crippen LogP contribution in [-0.2, 0) is 13.0 Å². The zero-order valence-electron chi connectivity index (χ0n) is 8.79. The number of hydrogen-bond acceptors (Lipinski definition) is 1. The molecule has 0 spiro atoms. The van der Waals surface area contributed by atoms with Crippen LogP contribution >= 0.6 is 0 Å². The Bertz CT molecular complexity index is 352. The summed E-state index contributed by atoms with van der Waals surface area (Å²) in [6.45, 7) is 4.73. The quantitative estimate of drug-likeness (QED) is 0.653. The topological polar surface area (TPSA) is 3.24 Å². The minimum Gasteiger partial charge on any atom is -0.296 e. The van der Waals surface area contributed by atoms with E-state index in [1.165, 1.54) is 37.9 Å². The van der Waals surface area contributed by atoms with Crippen LogP contribution in [0.15, 0.2) is 18.2 Å². The van der Waals surface area contributed by atoms with Crippen molar-refractivity contribution < 1.29 is 0 Å². The van der Waals surface area contributed by atoms with Gasteiger partial charge in [0.15, 0.2) is 0 Å². The van der Waals surface area contributed by atoms with E-state index < -0.39 is 0 Å². The van der Waals surface area contributed by atoms with E-state index in [1.54, 1.807) is 11.1 Å². The highest BCUT2D eigenvalue weighted by atomic mass is 15.2. The van der Waals surface area contributed by atoms with Crippen molar-refractivity contribution in [3.63, 3.8) is 0 Å². The molecular formula is C13H17N. The standard InChI is InChI=1S/C13H17N/c1-10-3-2-4-11-7-8-14(9-13(10)11)12-5-6-12/h2-4,12H,5-9H2,1H3. The van der Waals surface area contributed by atoms with E-state index in [-0.39, 0.29) is 0 Å². The van der Waals surface area contributed by atoms with Crippen LogP contribution in [0.3, 0.4) is 0 Å². The van der Waals surface area contributed by atoms with Crippen LogP contribution in [-0.4, -0.2) is 17.5 Å². The van der Waals surface area contributed by atoms with Crippen LogP contribution < -0.4 is 0 Å². The van der Waals surface area contributed by atoms with Crippen LogP contribution in [0.4, 0.5) is 0 Å². The van der Waals surface area contributed by atoms with Crippen molar-refractivity contribution in [2.45, 2.75) is 38.8 Å². The lowest BCUT2D eigenvalue weighted by Gasteiger charge is -2.29. The third kappa shape index (κ3) is 1.36. The second-order valence-electron chi connectivity index (χ2n) is 4.66. The van der Waals surface area contributed by atoms with Gasteiger partial charge in [-0.2, -0.15) is 0 Å². The first kappa shape index (κ1) is 8.49. The predicted octanol–water partition coefficient (Wildman–Crippen LogP) is 2.52. The first-order valence-electron chi connectivity index (χ1n) is 5.66. The Balaban J connectivity index is 1.91. The molecule has 0 unspecified atom stereocenters. The normalized spacial score (nSPS) is 22.1. The molecule has 0 amide bonds. The summed E-state index contributed by atoms with van der Waals surface area (Å²) in [6, 6.07) is 7.66.